The molecule has 4 aromatic rings. The first kappa shape index (κ1) is 35.6. The van der Waals surface area contributed by atoms with Gasteiger partial charge in [-0.2, -0.15) is 13.2 Å². The van der Waals surface area contributed by atoms with Gasteiger partial charge in [0.15, 0.2) is 6.29 Å². The van der Waals surface area contributed by atoms with E-state index in [-0.39, 0.29) is 44.2 Å². The highest BCUT2D eigenvalue weighted by atomic mass is 32.2. The molecular weight excluding hydrogens is 667 g/mol. The fourth-order valence-corrected chi connectivity index (χ4v) is 7.38. The Labute approximate surface area is 293 Å². The zero-order valence-corrected chi connectivity index (χ0v) is 28.2. The van der Waals surface area contributed by atoms with Gasteiger partial charge in [0.05, 0.1) is 23.8 Å². The third-order valence-corrected chi connectivity index (χ3v) is 10.2. The van der Waals surface area contributed by atoms with E-state index in [9.17, 15) is 27.9 Å². The lowest BCUT2D eigenvalue weighted by atomic mass is 9.91. The minimum absolute atomic E-state index is 0.0341. The van der Waals surface area contributed by atoms with Gasteiger partial charge in [0.25, 0.3) is 0 Å². The van der Waals surface area contributed by atoms with Crippen LogP contribution < -0.4 is 5.32 Å². The number of hydrogen-bond donors (Lipinski definition) is 2. The molecule has 2 N–H and O–H groups in total. The normalized spacial score (nSPS) is 22.3. The molecule has 3 aromatic carbocycles. The van der Waals surface area contributed by atoms with Crippen molar-refractivity contribution in [3.63, 3.8) is 0 Å². The molecule has 2 aliphatic rings. The van der Waals surface area contributed by atoms with Gasteiger partial charge in [0.2, 0.25) is 5.91 Å². The number of halogens is 3. The summed E-state index contributed by atoms with van der Waals surface area (Å²) in [6.07, 6.45) is -3.73. The number of thioether (sulfide) groups is 1. The fraction of sp³-hybridized carbons (Fsp3) is 0.342. The maximum absolute atomic E-state index is 13.0. The van der Waals surface area contributed by atoms with Crippen molar-refractivity contribution < 1.29 is 37.3 Å². The number of benzene rings is 3. The van der Waals surface area contributed by atoms with E-state index in [1.54, 1.807) is 18.0 Å². The number of alkyl halides is 3. The minimum atomic E-state index is -5.02. The number of nitrogens with zero attached hydrogens (tertiary/aromatic N) is 2. The van der Waals surface area contributed by atoms with Gasteiger partial charge in [0.1, 0.15) is 6.04 Å². The molecule has 0 bridgehead atoms. The van der Waals surface area contributed by atoms with E-state index in [1.165, 1.54) is 0 Å². The summed E-state index contributed by atoms with van der Waals surface area (Å²) in [6.45, 7) is 2.10. The van der Waals surface area contributed by atoms with Crippen LogP contribution in [0.15, 0.2) is 102 Å². The Morgan fingerprint density at radius 3 is 2.40 bits per heavy atom. The summed E-state index contributed by atoms with van der Waals surface area (Å²) in [6, 6.07) is 27.9. The Hall–Kier alpha value is -4.23. The smallest absolute Gasteiger partial charge is 0.392 e. The SMILES string of the molecule is CC1C(CSc2ccccn2)OC(c2ccc(-c3cccc(CNC(=O)C4CCCN4C(=O)C(F)(F)F)c3)cc2)OC1c1ccc(CO)cc1. The molecule has 2 saturated heterocycles. The van der Waals surface area contributed by atoms with E-state index in [0.717, 1.165) is 38.4 Å². The van der Waals surface area contributed by atoms with E-state index in [1.807, 2.05) is 91.0 Å². The topological polar surface area (TPSA) is 101 Å². The Bertz CT molecular complexity index is 1760. The van der Waals surface area contributed by atoms with Crippen molar-refractivity contribution in [3.05, 3.63) is 119 Å². The molecule has 262 valence electrons. The molecule has 3 heterocycles. The molecular formula is C38H38F3N3O5S. The van der Waals surface area contributed by atoms with Gasteiger partial charge < -0.3 is 24.8 Å². The van der Waals surface area contributed by atoms with Crippen LogP contribution in [0.25, 0.3) is 11.1 Å². The first-order chi connectivity index (χ1) is 24.1. The predicted octanol–water partition coefficient (Wildman–Crippen LogP) is 6.99. The van der Waals surface area contributed by atoms with Crippen molar-refractivity contribution in [1.29, 1.82) is 0 Å². The van der Waals surface area contributed by atoms with Gasteiger partial charge in [-0.25, -0.2) is 4.98 Å². The summed E-state index contributed by atoms with van der Waals surface area (Å²) >= 11 is 1.63. The molecule has 0 spiro atoms. The molecule has 50 heavy (non-hydrogen) atoms. The number of hydrogen-bond acceptors (Lipinski definition) is 7. The van der Waals surface area contributed by atoms with Crippen LogP contribution >= 0.6 is 11.8 Å². The summed E-state index contributed by atoms with van der Waals surface area (Å²) in [5.41, 5.74) is 5.26. The number of rotatable bonds is 10. The fourth-order valence-electron chi connectivity index (χ4n) is 6.36. The average Bonchev–Trinajstić information content (AvgIpc) is 3.63. The summed E-state index contributed by atoms with van der Waals surface area (Å²) < 4.78 is 52.2. The zero-order valence-electron chi connectivity index (χ0n) is 27.4. The number of nitrogens with one attached hydrogen (secondary N) is 1. The van der Waals surface area contributed by atoms with Crippen molar-refractivity contribution >= 4 is 23.6 Å². The Morgan fingerprint density at radius 1 is 0.940 bits per heavy atom. The maximum atomic E-state index is 13.0. The molecule has 5 unspecified atom stereocenters. The Balaban J connectivity index is 1.14. The van der Waals surface area contributed by atoms with Gasteiger partial charge in [-0.1, -0.05) is 79.7 Å². The zero-order chi connectivity index (χ0) is 35.3. The van der Waals surface area contributed by atoms with E-state index in [0.29, 0.717) is 17.1 Å². The van der Waals surface area contributed by atoms with Gasteiger partial charge >= 0.3 is 12.1 Å². The lowest BCUT2D eigenvalue weighted by molar-refractivity contribution is -0.268. The molecule has 5 atom stereocenters. The largest absolute Gasteiger partial charge is 0.471 e. The molecule has 12 heteroatoms. The van der Waals surface area contributed by atoms with E-state index in [4.69, 9.17) is 9.47 Å². The average molecular weight is 706 g/mol. The lowest BCUT2D eigenvalue weighted by Gasteiger charge is -2.41. The minimum Gasteiger partial charge on any atom is -0.392 e. The number of likely N-dealkylation sites (tertiary alicyclic amines) is 1. The maximum Gasteiger partial charge on any atom is 0.471 e. The number of carbonyl (C=O) groups is 2. The summed E-state index contributed by atoms with van der Waals surface area (Å²) in [4.78, 5) is 29.6. The number of aromatic nitrogens is 1. The van der Waals surface area contributed by atoms with Crippen molar-refractivity contribution in [2.45, 2.75) is 68.7 Å². The second kappa shape index (κ2) is 15.8. The van der Waals surface area contributed by atoms with Crippen molar-refractivity contribution in [2.75, 3.05) is 12.3 Å². The molecule has 2 aliphatic heterocycles. The number of aliphatic hydroxyl groups is 1. The van der Waals surface area contributed by atoms with Crippen LogP contribution in [0.2, 0.25) is 0 Å². The molecule has 8 nitrogen and oxygen atoms in total. The van der Waals surface area contributed by atoms with E-state index in [2.05, 4.69) is 17.2 Å². The highest BCUT2D eigenvalue weighted by molar-refractivity contribution is 7.99. The first-order valence-corrected chi connectivity index (χ1v) is 17.5. The number of amides is 2. The van der Waals surface area contributed by atoms with E-state index < -0.39 is 30.3 Å². The second-order valence-corrected chi connectivity index (χ2v) is 13.5. The number of pyridine rings is 1. The van der Waals surface area contributed by atoms with Gasteiger partial charge in [0, 0.05) is 36.5 Å². The lowest BCUT2D eigenvalue weighted by Crippen LogP contribution is -2.50. The van der Waals surface area contributed by atoms with Crippen LogP contribution in [0.3, 0.4) is 0 Å². The number of aliphatic hydroxyl groups excluding tert-OH is 1. The quantitative estimate of drug-likeness (QED) is 0.172. The summed E-state index contributed by atoms with van der Waals surface area (Å²) in [5.74, 6) is -1.87. The number of ether oxygens (including phenoxy) is 2. The molecule has 0 saturated carbocycles. The van der Waals surface area contributed by atoms with Crippen LogP contribution in [-0.2, 0) is 32.2 Å². The third kappa shape index (κ3) is 8.38. The van der Waals surface area contributed by atoms with Crippen LogP contribution in [0.4, 0.5) is 13.2 Å². The summed E-state index contributed by atoms with van der Waals surface area (Å²) in [7, 11) is 0. The molecule has 0 aliphatic carbocycles. The van der Waals surface area contributed by atoms with Gasteiger partial charge in [-0.3, -0.25) is 9.59 Å². The molecule has 0 radical (unpaired) electrons. The van der Waals surface area contributed by atoms with E-state index >= 15 is 0 Å². The molecule has 2 amide bonds. The van der Waals surface area contributed by atoms with Gasteiger partial charge in [-0.15, -0.1) is 11.8 Å². The summed E-state index contributed by atoms with van der Waals surface area (Å²) in [5, 5.41) is 13.2. The van der Waals surface area contributed by atoms with Crippen LogP contribution in [0.1, 0.15) is 54.4 Å². The Morgan fingerprint density at radius 2 is 1.70 bits per heavy atom. The van der Waals surface area contributed by atoms with Crippen LogP contribution in [0.5, 0.6) is 0 Å². The molecule has 1 aromatic heterocycles. The Kier molecular flexibility index (Phi) is 11.2. The van der Waals surface area contributed by atoms with Gasteiger partial charge in [-0.05, 0) is 58.9 Å². The van der Waals surface area contributed by atoms with Crippen LogP contribution in [-0.4, -0.2) is 57.4 Å². The monoisotopic (exact) mass is 705 g/mol. The highest BCUT2D eigenvalue weighted by Gasteiger charge is 2.47. The number of carbonyl (C=O) groups excluding carboxylic acids is 2. The van der Waals surface area contributed by atoms with Crippen LogP contribution in [0, 0.1) is 5.92 Å². The molecule has 6 rings (SSSR count). The second-order valence-electron chi connectivity index (χ2n) is 12.5. The standard InChI is InChI=1S/C38H38F3N3O5S/c1-24-32(23-50-33-9-2-3-18-42-33)48-36(49-34(24)28-12-10-25(22-45)11-13-28)29-16-14-27(15-17-29)30-7-4-6-26(20-30)21-43-35(46)31-8-5-19-44(31)37(47)38(39,40)41/h2-4,6-7,9-18,20,24,31-32,34,36,45H,5,8,19,21-23H2,1H3,(H,43,46). The van der Waals surface area contributed by atoms with Crippen molar-refractivity contribution in [1.82, 2.24) is 15.2 Å². The highest BCUT2D eigenvalue weighted by Crippen LogP contribution is 2.43. The van der Waals surface area contributed by atoms with Crippen molar-refractivity contribution in [3.8, 4) is 11.1 Å². The third-order valence-electron chi connectivity index (χ3n) is 9.13. The van der Waals surface area contributed by atoms with Crippen molar-refractivity contribution in [2.24, 2.45) is 5.92 Å². The first-order valence-electron chi connectivity index (χ1n) is 16.5. The molecule has 2 fully saturated rings. The predicted molar refractivity (Wildman–Crippen MR) is 182 cm³/mol.